The third-order valence-corrected chi connectivity index (χ3v) is 2.44. The zero-order chi connectivity index (χ0) is 11.6. The van der Waals surface area contributed by atoms with Crippen LogP contribution in [0.2, 0.25) is 0 Å². The molecule has 0 aromatic carbocycles. The van der Waals surface area contributed by atoms with E-state index in [0.29, 0.717) is 17.7 Å². The van der Waals surface area contributed by atoms with Crippen LogP contribution in [-0.2, 0) is 9.59 Å². The Bertz CT molecular complexity index is 324. The lowest BCUT2D eigenvalue weighted by molar-refractivity contribution is -0.133. The summed E-state index contributed by atoms with van der Waals surface area (Å²) >= 11 is 0. The van der Waals surface area contributed by atoms with Crippen molar-refractivity contribution in [1.29, 1.82) is 0 Å². The summed E-state index contributed by atoms with van der Waals surface area (Å²) in [6, 6.07) is 0. The number of nitrogens with one attached hydrogen (secondary N) is 1. The van der Waals surface area contributed by atoms with Gasteiger partial charge in [-0.2, -0.15) is 0 Å². The van der Waals surface area contributed by atoms with E-state index >= 15 is 0 Å². The summed E-state index contributed by atoms with van der Waals surface area (Å²) in [7, 11) is 0. The number of hydrogen-bond acceptors (Lipinski definition) is 3. The number of imide groups is 1. The first-order valence-corrected chi connectivity index (χ1v) is 5.15. The molecule has 0 heterocycles. The molecule has 4 heteroatoms. The summed E-state index contributed by atoms with van der Waals surface area (Å²) in [6.07, 6.45) is 2.33. The largest absolute Gasteiger partial charge is 0.402 e. The van der Waals surface area contributed by atoms with Crippen molar-refractivity contribution in [2.24, 2.45) is 11.1 Å². The first kappa shape index (κ1) is 11.8. The Kier molecular flexibility index (Phi) is 3.17. The molecular weight excluding hydrogens is 192 g/mol. The van der Waals surface area contributed by atoms with Crippen molar-refractivity contribution in [1.82, 2.24) is 5.32 Å². The van der Waals surface area contributed by atoms with Crippen molar-refractivity contribution >= 4 is 11.8 Å². The fraction of sp³-hybridized carbons (Fsp3) is 0.636. The van der Waals surface area contributed by atoms with Crippen molar-refractivity contribution in [3.8, 4) is 0 Å². The zero-order valence-corrected chi connectivity index (χ0v) is 9.52. The summed E-state index contributed by atoms with van der Waals surface area (Å²) in [6.45, 7) is 5.30. The molecule has 2 amide bonds. The van der Waals surface area contributed by atoms with Gasteiger partial charge < -0.3 is 5.73 Å². The molecule has 1 aliphatic rings. The molecule has 0 atom stereocenters. The third-order valence-electron chi connectivity index (χ3n) is 2.44. The van der Waals surface area contributed by atoms with E-state index in [-0.39, 0.29) is 11.8 Å². The van der Waals surface area contributed by atoms with E-state index in [9.17, 15) is 9.59 Å². The Labute approximate surface area is 89.9 Å². The number of allylic oxidation sites excluding steroid dienone is 1. The number of carbonyl (C=O) groups is 2. The molecule has 0 fully saturated rings. The molecule has 0 aromatic heterocycles. The summed E-state index contributed by atoms with van der Waals surface area (Å²) < 4.78 is 0. The fourth-order valence-corrected chi connectivity index (χ4v) is 1.39. The normalized spacial score (nSPS) is 16.7. The predicted octanol–water partition coefficient (Wildman–Crippen LogP) is 1.07. The van der Waals surface area contributed by atoms with E-state index in [2.05, 4.69) is 5.32 Å². The van der Waals surface area contributed by atoms with Crippen LogP contribution >= 0.6 is 0 Å². The number of rotatable bonds is 1. The Morgan fingerprint density at radius 3 is 2.27 bits per heavy atom. The maximum atomic E-state index is 11.6. The van der Waals surface area contributed by atoms with Crippen molar-refractivity contribution < 1.29 is 9.59 Å². The minimum Gasteiger partial charge on any atom is -0.402 e. The van der Waals surface area contributed by atoms with Crippen LogP contribution in [0.5, 0.6) is 0 Å². The molecule has 4 nitrogen and oxygen atoms in total. The minimum absolute atomic E-state index is 0.264. The quantitative estimate of drug-likeness (QED) is 0.680. The predicted molar refractivity (Wildman–Crippen MR) is 57.7 cm³/mol. The number of nitrogens with two attached hydrogens (primary N) is 1. The summed E-state index contributed by atoms with van der Waals surface area (Å²) in [5.74, 6) is -0.593. The van der Waals surface area contributed by atoms with Crippen molar-refractivity contribution in [2.45, 2.75) is 40.0 Å². The van der Waals surface area contributed by atoms with E-state index in [4.69, 9.17) is 5.73 Å². The highest BCUT2D eigenvalue weighted by Gasteiger charge is 2.26. The van der Waals surface area contributed by atoms with E-state index < -0.39 is 5.41 Å². The van der Waals surface area contributed by atoms with Gasteiger partial charge >= 0.3 is 0 Å². The van der Waals surface area contributed by atoms with Gasteiger partial charge in [0.2, 0.25) is 5.91 Å². The Hall–Kier alpha value is -1.32. The molecule has 1 rings (SSSR count). The average molecular weight is 210 g/mol. The highest BCUT2D eigenvalue weighted by Crippen LogP contribution is 2.22. The smallest absolute Gasteiger partial charge is 0.255 e. The van der Waals surface area contributed by atoms with Gasteiger partial charge in [-0.25, -0.2) is 0 Å². The second-order valence-electron chi connectivity index (χ2n) is 4.89. The van der Waals surface area contributed by atoms with Crippen LogP contribution in [0.15, 0.2) is 11.3 Å². The van der Waals surface area contributed by atoms with E-state index in [1.165, 1.54) is 0 Å². The van der Waals surface area contributed by atoms with Crippen LogP contribution in [0.1, 0.15) is 40.0 Å². The second-order valence-corrected chi connectivity index (χ2v) is 4.89. The molecule has 0 aromatic rings. The summed E-state index contributed by atoms with van der Waals surface area (Å²) in [5.41, 5.74) is 6.32. The monoisotopic (exact) mass is 210 g/mol. The average Bonchev–Trinajstić information content (AvgIpc) is 2.49. The first-order chi connectivity index (χ1) is 6.82. The van der Waals surface area contributed by atoms with Gasteiger partial charge in [-0.3, -0.25) is 14.9 Å². The summed E-state index contributed by atoms with van der Waals surface area (Å²) in [4.78, 5) is 23.2. The van der Waals surface area contributed by atoms with Crippen LogP contribution in [0.25, 0.3) is 0 Å². The van der Waals surface area contributed by atoms with Crippen LogP contribution in [0, 0.1) is 5.41 Å². The minimum atomic E-state index is -0.552. The van der Waals surface area contributed by atoms with Gasteiger partial charge in [0.15, 0.2) is 0 Å². The van der Waals surface area contributed by atoms with Crippen molar-refractivity contribution in [2.75, 3.05) is 0 Å². The number of hydrogen-bond donors (Lipinski definition) is 2. The van der Waals surface area contributed by atoms with E-state index in [1.54, 1.807) is 20.8 Å². The van der Waals surface area contributed by atoms with Crippen LogP contribution < -0.4 is 11.1 Å². The maximum Gasteiger partial charge on any atom is 0.255 e. The lowest BCUT2D eigenvalue weighted by Crippen LogP contribution is -2.39. The molecule has 3 N–H and O–H groups in total. The van der Waals surface area contributed by atoms with Crippen LogP contribution in [0.3, 0.4) is 0 Å². The van der Waals surface area contributed by atoms with Gasteiger partial charge in [0.05, 0.1) is 0 Å². The second kappa shape index (κ2) is 4.04. The van der Waals surface area contributed by atoms with Gasteiger partial charge in [-0.05, 0) is 19.3 Å². The van der Waals surface area contributed by atoms with Crippen LogP contribution in [-0.4, -0.2) is 11.8 Å². The summed E-state index contributed by atoms with van der Waals surface area (Å²) in [5, 5.41) is 2.38. The lowest BCUT2D eigenvalue weighted by atomic mass is 9.95. The molecule has 0 bridgehead atoms. The van der Waals surface area contributed by atoms with Gasteiger partial charge in [0, 0.05) is 16.7 Å². The van der Waals surface area contributed by atoms with Crippen LogP contribution in [0.4, 0.5) is 0 Å². The topological polar surface area (TPSA) is 72.2 Å². The first-order valence-electron chi connectivity index (χ1n) is 5.15. The molecule has 84 valence electrons. The van der Waals surface area contributed by atoms with Gasteiger partial charge in [-0.1, -0.05) is 20.8 Å². The molecule has 15 heavy (non-hydrogen) atoms. The molecule has 0 aliphatic heterocycles. The molecule has 0 unspecified atom stereocenters. The molecular formula is C11H18N2O2. The van der Waals surface area contributed by atoms with Crippen molar-refractivity contribution in [3.63, 3.8) is 0 Å². The van der Waals surface area contributed by atoms with Gasteiger partial charge in [-0.15, -0.1) is 0 Å². The molecule has 0 spiro atoms. The maximum absolute atomic E-state index is 11.6. The Morgan fingerprint density at radius 2 is 1.87 bits per heavy atom. The lowest BCUT2D eigenvalue weighted by Gasteiger charge is -2.17. The highest BCUT2D eigenvalue weighted by atomic mass is 16.2. The van der Waals surface area contributed by atoms with Gasteiger partial charge in [0.1, 0.15) is 0 Å². The van der Waals surface area contributed by atoms with Gasteiger partial charge in [0.25, 0.3) is 5.91 Å². The third kappa shape index (κ3) is 2.81. The highest BCUT2D eigenvalue weighted by molar-refractivity contribution is 6.06. The molecule has 1 aliphatic carbocycles. The Balaban J connectivity index is 2.65. The van der Waals surface area contributed by atoms with Crippen molar-refractivity contribution in [3.05, 3.63) is 11.3 Å². The van der Waals surface area contributed by atoms with E-state index in [1.807, 2.05) is 0 Å². The molecule has 0 saturated carbocycles. The number of amides is 2. The molecule has 0 radical (unpaired) electrons. The number of carbonyl (C=O) groups excluding carboxylic acids is 2. The SMILES string of the molecule is CC(C)(C)C(=O)NC(=O)C1=C(N)CCC1. The fourth-order valence-electron chi connectivity index (χ4n) is 1.39. The zero-order valence-electron chi connectivity index (χ0n) is 9.52. The standard InChI is InChI=1S/C11H18N2O2/c1-11(2,3)10(15)13-9(14)7-5-4-6-8(7)12/h4-6,12H2,1-3H3,(H,13,14,15). The Morgan fingerprint density at radius 1 is 1.27 bits per heavy atom. The molecule has 0 saturated heterocycles. The van der Waals surface area contributed by atoms with E-state index in [0.717, 1.165) is 12.8 Å².